The van der Waals surface area contributed by atoms with Crippen LogP contribution in [0.4, 0.5) is 10.8 Å². The van der Waals surface area contributed by atoms with Gasteiger partial charge in [0.15, 0.2) is 5.13 Å². The average Bonchev–Trinajstić information content (AvgIpc) is 3.10. The number of aryl methyl sites for hydroxylation is 1. The normalized spacial score (nSPS) is 16.0. The van der Waals surface area contributed by atoms with E-state index in [0.717, 1.165) is 5.69 Å². The number of carbonyl (C=O) groups excluding carboxylic acids is 2. The Morgan fingerprint density at radius 3 is 2.95 bits per heavy atom. The number of carbonyl (C=O) groups is 2. The van der Waals surface area contributed by atoms with Gasteiger partial charge in [0.05, 0.1) is 25.0 Å². The smallest absolute Gasteiger partial charge is 0.241 e. The highest BCUT2D eigenvalue weighted by Gasteiger charge is 2.27. The summed E-state index contributed by atoms with van der Waals surface area (Å²) in [5.41, 5.74) is 0.791. The first kappa shape index (κ1) is 14.7. The molecular weight excluding hydrogens is 304 g/mol. The third-order valence-electron chi connectivity index (χ3n) is 3.35. The van der Waals surface area contributed by atoms with Crippen LogP contribution in [0.1, 0.15) is 0 Å². The molecule has 22 heavy (non-hydrogen) atoms. The molecule has 0 atom stereocenters. The van der Waals surface area contributed by atoms with Gasteiger partial charge in [-0.2, -0.15) is 5.10 Å². The lowest BCUT2D eigenvalue weighted by molar-refractivity contribution is -0.123. The minimum Gasteiger partial charge on any atom is -0.307 e. The van der Waals surface area contributed by atoms with Crippen LogP contribution in [0.5, 0.6) is 0 Å². The summed E-state index contributed by atoms with van der Waals surface area (Å²) in [6.45, 7) is 1.60. The van der Waals surface area contributed by atoms with E-state index in [1.165, 1.54) is 11.3 Å². The lowest BCUT2D eigenvalue weighted by Crippen LogP contribution is -2.52. The van der Waals surface area contributed by atoms with Gasteiger partial charge in [0.2, 0.25) is 11.8 Å². The van der Waals surface area contributed by atoms with E-state index in [1.807, 2.05) is 18.1 Å². The Hall–Kier alpha value is -2.26. The van der Waals surface area contributed by atoms with E-state index in [1.54, 1.807) is 27.4 Å². The quantitative estimate of drug-likeness (QED) is 0.868. The predicted molar refractivity (Wildman–Crippen MR) is 82.7 cm³/mol. The summed E-state index contributed by atoms with van der Waals surface area (Å²) < 4.78 is 1.66. The monoisotopic (exact) mass is 320 g/mol. The number of hydrogen-bond acceptors (Lipinski definition) is 6. The van der Waals surface area contributed by atoms with Crippen molar-refractivity contribution < 1.29 is 9.59 Å². The Morgan fingerprint density at radius 1 is 1.45 bits per heavy atom. The van der Waals surface area contributed by atoms with E-state index >= 15 is 0 Å². The van der Waals surface area contributed by atoms with E-state index in [9.17, 15) is 9.59 Å². The van der Waals surface area contributed by atoms with Gasteiger partial charge in [-0.3, -0.25) is 19.2 Å². The molecule has 3 rings (SSSR count). The maximum Gasteiger partial charge on any atom is 0.241 e. The first-order valence-corrected chi connectivity index (χ1v) is 7.70. The molecule has 1 aliphatic rings. The molecule has 9 heteroatoms. The van der Waals surface area contributed by atoms with Crippen molar-refractivity contribution in [3.63, 3.8) is 0 Å². The van der Waals surface area contributed by atoms with E-state index < -0.39 is 0 Å². The number of nitrogens with zero attached hydrogens (tertiary/aromatic N) is 5. The van der Waals surface area contributed by atoms with Gasteiger partial charge in [-0.15, -0.1) is 11.3 Å². The van der Waals surface area contributed by atoms with Gasteiger partial charge in [-0.1, -0.05) is 0 Å². The van der Waals surface area contributed by atoms with Gasteiger partial charge >= 0.3 is 0 Å². The van der Waals surface area contributed by atoms with Gasteiger partial charge in [-0.05, 0) is 0 Å². The lowest BCUT2D eigenvalue weighted by Gasteiger charge is -2.32. The van der Waals surface area contributed by atoms with Crippen LogP contribution in [0, 0.1) is 0 Å². The molecule has 0 saturated carbocycles. The van der Waals surface area contributed by atoms with Crippen molar-refractivity contribution in [1.29, 1.82) is 0 Å². The zero-order valence-corrected chi connectivity index (χ0v) is 12.9. The fraction of sp³-hybridized carbons (Fsp3) is 0.385. The van der Waals surface area contributed by atoms with E-state index in [-0.39, 0.29) is 24.9 Å². The Bertz CT molecular complexity index is 668. The van der Waals surface area contributed by atoms with E-state index in [2.05, 4.69) is 15.4 Å². The second-order valence-electron chi connectivity index (χ2n) is 5.01. The maximum absolute atomic E-state index is 12.2. The summed E-state index contributed by atoms with van der Waals surface area (Å²) in [5, 5.41) is 9.17. The average molecular weight is 320 g/mol. The summed E-state index contributed by atoms with van der Waals surface area (Å²) >= 11 is 1.37. The molecule has 0 aliphatic carbocycles. The molecule has 3 heterocycles. The van der Waals surface area contributed by atoms with Crippen molar-refractivity contribution in [2.45, 2.75) is 0 Å². The number of nitrogens with one attached hydrogen (secondary N) is 1. The van der Waals surface area contributed by atoms with Gasteiger partial charge in [0.25, 0.3) is 0 Å². The second kappa shape index (κ2) is 6.24. The highest BCUT2D eigenvalue weighted by Crippen LogP contribution is 2.16. The number of thiazole rings is 1. The second-order valence-corrected chi connectivity index (χ2v) is 5.91. The molecule has 1 saturated heterocycles. The van der Waals surface area contributed by atoms with Gasteiger partial charge in [0.1, 0.15) is 0 Å². The van der Waals surface area contributed by atoms with Crippen molar-refractivity contribution in [3.8, 4) is 0 Å². The van der Waals surface area contributed by atoms with Crippen LogP contribution in [0.25, 0.3) is 0 Å². The van der Waals surface area contributed by atoms with Crippen LogP contribution in [-0.2, 0) is 16.6 Å². The van der Waals surface area contributed by atoms with Crippen molar-refractivity contribution in [3.05, 3.63) is 24.0 Å². The summed E-state index contributed by atoms with van der Waals surface area (Å²) in [4.78, 5) is 31.7. The van der Waals surface area contributed by atoms with Gasteiger partial charge in [-0.25, -0.2) is 4.98 Å². The molecular formula is C13H16N6O2S. The summed E-state index contributed by atoms with van der Waals surface area (Å²) in [7, 11) is 1.81. The molecule has 0 radical (unpaired) electrons. The van der Waals surface area contributed by atoms with Crippen LogP contribution >= 0.6 is 11.3 Å². The highest BCUT2D eigenvalue weighted by molar-refractivity contribution is 7.13. The van der Waals surface area contributed by atoms with Gasteiger partial charge < -0.3 is 10.2 Å². The fourth-order valence-electron chi connectivity index (χ4n) is 2.32. The SMILES string of the molecule is Cn1cc(N2CCN(CC(=O)Nc3nccs3)CC2=O)cn1. The first-order chi connectivity index (χ1) is 10.6. The molecule has 0 unspecified atom stereocenters. The topological polar surface area (TPSA) is 83.4 Å². The Morgan fingerprint density at radius 2 is 2.32 bits per heavy atom. The lowest BCUT2D eigenvalue weighted by atomic mass is 10.3. The molecule has 1 aliphatic heterocycles. The van der Waals surface area contributed by atoms with Crippen molar-refractivity contribution in [2.75, 3.05) is 36.4 Å². The molecule has 0 spiro atoms. The Kier molecular flexibility index (Phi) is 4.16. The fourth-order valence-corrected chi connectivity index (χ4v) is 2.87. The van der Waals surface area contributed by atoms with Crippen LogP contribution in [0.15, 0.2) is 24.0 Å². The zero-order valence-electron chi connectivity index (χ0n) is 12.1. The molecule has 1 N–H and O–H groups in total. The molecule has 0 aromatic carbocycles. The van der Waals surface area contributed by atoms with Crippen LogP contribution in [0.3, 0.4) is 0 Å². The number of aromatic nitrogens is 3. The number of anilines is 2. The number of piperazine rings is 1. The van der Waals surface area contributed by atoms with Crippen LogP contribution < -0.4 is 10.2 Å². The third-order valence-corrected chi connectivity index (χ3v) is 4.04. The number of hydrogen-bond donors (Lipinski definition) is 1. The Labute approximate surface area is 131 Å². The van der Waals surface area contributed by atoms with Crippen molar-refractivity contribution >= 4 is 34.0 Å². The van der Waals surface area contributed by atoms with Crippen molar-refractivity contribution in [2.24, 2.45) is 7.05 Å². The van der Waals surface area contributed by atoms with Crippen LogP contribution in [0.2, 0.25) is 0 Å². The molecule has 0 bridgehead atoms. The molecule has 2 aromatic rings. The maximum atomic E-state index is 12.2. The summed E-state index contributed by atoms with van der Waals surface area (Å²) in [6.07, 6.45) is 5.11. The predicted octanol–water partition coefficient (Wildman–Crippen LogP) is 0.164. The van der Waals surface area contributed by atoms with Crippen LogP contribution in [-0.4, -0.2) is 57.7 Å². The third kappa shape index (κ3) is 3.31. The molecule has 8 nitrogen and oxygen atoms in total. The number of amides is 2. The summed E-state index contributed by atoms with van der Waals surface area (Å²) in [6, 6.07) is 0. The minimum absolute atomic E-state index is 0.0266. The zero-order chi connectivity index (χ0) is 15.5. The molecule has 2 amide bonds. The molecule has 1 fully saturated rings. The largest absolute Gasteiger partial charge is 0.307 e. The number of rotatable bonds is 4. The molecule has 2 aromatic heterocycles. The van der Waals surface area contributed by atoms with Gasteiger partial charge in [0, 0.05) is 37.9 Å². The molecule has 116 valence electrons. The van der Waals surface area contributed by atoms with Crippen molar-refractivity contribution in [1.82, 2.24) is 19.7 Å². The standard InChI is InChI=1S/C13H16N6O2S/c1-17-7-10(6-15-17)19-4-3-18(9-12(19)21)8-11(20)16-13-14-2-5-22-13/h2,5-7H,3-4,8-9H2,1H3,(H,14,16,20). The summed E-state index contributed by atoms with van der Waals surface area (Å²) in [5.74, 6) is -0.182. The van der Waals surface area contributed by atoms with E-state index in [0.29, 0.717) is 18.2 Å². The Balaban J connectivity index is 1.54. The minimum atomic E-state index is -0.155. The first-order valence-electron chi connectivity index (χ1n) is 6.82. The van der Waals surface area contributed by atoms with E-state index in [4.69, 9.17) is 0 Å². The highest BCUT2D eigenvalue weighted by atomic mass is 32.1.